The van der Waals surface area contributed by atoms with Crippen molar-refractivity contribution in [1.82, 2.24) is 10.2 Å². The minimum Gasteiger partial charge on any atom is -0.465 e. The third kappa shape index (κ3) is 3.72. The molecule has 2 unspecified atom stereocenters. The minimum absolute atomic E-state index is 0.119. The smallest absolute Gasteiger partial charge is 0.407 e. The summed E-state index contributed by atoms with van der Waals surface area (Å²) in [6.07, 6.45) is -12.7. The molecule has 0 radical (unpaired) electrons. The first kappa shape index (κ1) is 17.9. The molecule has 0 aromatic carbocycles. The van der Waals surface area contributed by atoms with E-state index in [1.807, 2.05) is 0 Å². The standard InChI is InChI=1S/C11H16F6N2O2/c1-9(18-2)3-4-19(8(20)21)5-6(9)7(10(12,13)14)11(15,16)17/h6-7,18H,3-5H2,1-2H3,(H,20,21). The highest BCUT2D eigenvalue weighted by Gasteiger charge is 2.64. The molecule has 1 heterocycles. The fourth-order valence-corrected chi connectivity index (χ4v) is 2.68. The lowest BCUT2D eigenvalue weighted by atomic mass is 9.71. The number of nitrogens with zero attached hydrogens (tertiary/aromatic N) is 1. The summed E-state index contributed by atoms with van der Waals surface area (Å²) in [6.45, 7) is 0.309. The maximum atomic E-state index is 12.9. The summed E-state index contributed by atoms with van der Waals surface area (Å²) in [6, 6.07) is 0. The molecule has 4 nitrogen and oxygen atoms in total. The number of amides is 1. The number of nitrogens with one attached hydrogen (secondary N) is 1. The zero-order valence-electron chi connectivity index (χ0n) is 11.3. The van der Waals surface area contributed by atoms with Crippen molar-refractivity contribution in [2.75, 3.05) is 20.1 Å². The van der Waals surface area contributed by atoms with E-state index in [0.717, 1.165) is 0 Å². The number of carbonyl (C=O) groups is 1. The summed E-state index contributed by atoms with van der Waals surface area (Å²) in [5.74, 6) is -5.53. The van der Waals surface area contributed by atoms with Gasteiger partial charge in [-0.05, 0) is 20.4 Å². The fourth-order valence-electron chi connectivity index (χ4n) is 2.68. The lowest BCUT2D eigenvalue weighted by molar-refractivity contribution is -0.307. The van der Waals surface area contributed by atoms with E-state index >= 15 is 0 Å². The van der Waals surface area contributed by atoms with Crippen LogP contribution in [0.5, 0.6) is 0 Å². The van der Waals surface area contributed by atoms with E-state index in [4.69, 9.17) is 5.11 Å². The van der Waals surface area contributed by atoms with E-state index in [1.54, 1.807) is 0 Å². The Morgan fingerprint density at radius 1 is 1.29 bits per heavy atom. The molecule has 1 aliphatic heterocycles. The largest absolute Gasteiger partial charge is 0.465 e. The van der Waals surface area contributed by atoms with Crippen LogP contribution in [0.4, 0.5) is 31.1 Å². The molecule has 0 bridgehead atoms. The van der Waals surface area contributed by atoms with Crippen molar-refractivity contribution in [2.24, 2.45) is 11.8 Å². The molecule has 1 amide bonds. The van der Waals surface area contributed by atoms with Gasteiger partial charge in [0.05, 0.1) is 0 Å². The SMILES string of the molecule is CNC1(C)CCN(C(=O)O)CC1C(C(F)(F)F)C(F)(F)F. The summed E-state index contributed by atoms with van der Waals surface area (Å²) in [5, 5.41) is 11.3. The number of likely N-dealkylation sites (tertiary alicyclic amines) is 1. The van der Waals surface area contributed by atoms with Crippen LogP contribution in [0.1, 0.15) is 13.3 Å². The Kier molecular flexibility index (Phi) is 4.71. The van der Waals surface area contributed by atoms with Crippen molar-refractivity contribution in [3.8, 4) is 0 Å². The average Bonchev–Trinajstić information content (AvgIpc) is 2.28. The van der Waals surface area contributed by atoms with Crippen LogP contribution in [0.25, 0.3) is 0 Å². The van der Waals surface area contributed by atoms with Gasteiger partial charge in [-0.25, -0.2) is 4.79 Å². The molecule has 2 N–H and O–H groups in total. The Morgan fingerprint density at radius 2 is 1.76 bits per heavy atom. The van der Waals surface area contributed by atoms with Crippen LogP contribution in [0.15, 0.2) is 0 Å². The van der Waals surface area contributed by atoms with Crippen LogP contribution in [-0.4, -0.2) is 54.1 Å². The van der Waals surface area contributed by atoms with Gasteiger partial charge >= 0.3 is 18.4 Å². The van der Waals surface area contributed by atoms with E-state index in [9.17, 15) is 31.1 Å². The first-order valence-corrected chi connectivity index (χ1v) is 6.13. The highest BCUT2D eigenvalue weighted by molar-refractivity contribution is 5.65. The van der Waals surface area contributed by atoms with Gasteiger partial charge in [0.15, 0.2) is 5.92 Å². The number of alkyl halides is 6. The van der Waals surface area contributed by atoms with E-state index < -0.39 is 42.4 Å². The van der Waals surface area contributed by atoms with Gasteiger partial charge in [0.1, 0.15) is 0 Å². The topological polar surface area (TPSA) is 52.6 Å². The highest BCUT2D eigenvalue weighted by Crippen LogP contribution is 2.49. The van der Waals surface area contributed by atoms with Gasteiger partial charge in [0.2, 0.25) is 0 Å². The Hall–Kier alpha value is -1.19. The second-order valence-electron chi connectivity index (χ2n) is 5.31. The van der Waals surface area contributed by atoms with Crippen molar-refractivity contribution < 1.29 is 36.2 Å². The summed E-state index contributed by atoms with van der Waals surface area (Å²) in [5.41, 5.74) is -1.46. The minimum atomic E-state index is -5.50. The predicted molar refractivity (Wildman–Crippen MR) is 60.8 cm³/mol. The molecule has 0 saturated carbocycles. The van der Waals surface area contributed by atoms with E-state index in [1.165, 1.54) is 14.0 Å². The summed E-state index contributed by atoms with van der Waals surface area (Å²) in [7, 11) is 1.27. The molecular weight excluding hydrogens is 306 g/mol. The predicted octanol–water partition coefficient (Wildman–Crippen LogP) is 2.71. The van der Waals surface area contributed by atoms with Gasteiger partial charge in [0, 0.05) is 24.5 Å². The number of halogens is 6. The molecule has 0 spiro atoms. The Labute approximate surface area is 117 Å². The highest BCUT2D eigenvalue weighted by atomic mass is 19.4. The molecule has 1 saturated heterocycles. The van der Waals surface area contributed by atoms with Crippen molar-refractivity contribution in [1.29, 1.82) is 0 Å². The van der Waals surface area contributed by atoms with Crippen molar-refractivity contribution >= 4 is 6.09 Å². The van der Waals surface area contributed by atoms with Crippen molar-refractivity contribution in [3.63, 3.8) is 0 Å². The third-order valence-electron chi connectivity index (χ3n) is 4.09. The number of hydrogen-bond acceptors (Lipinski definition) is 2. The van der Waals surface area contributed by atoms with E-state index in [0.29, 0.717) is 4.90 Å². The molecule has 0 aromatic heterocycles. The van der Waals surface area contributed by atoms with Crippen LogP contribution in [0.2, 0.25) is 0 Å². The summed E-state index contributed by atoms with van der Waals surface area (Å²) >= 11 is 0. The van der Waals surface area contributed by atoms with Crippen LogP contribution < -0.4 is 5.32 Å². The zero-order chi connectivity index (χ0) is 16.6. The van der Waals surface area contributed by atoms with Gasteiger partial charge in [-0.15, -0.1) is 0 Å². The molecule has 0 aromatic rings. The third-order valence-corrected chi connectivity index (χ3v) is 4.09. The van der Waals surface area contributed by atoms with Gasteiger partial charge in [-0.3, -0.25) is 0 Å². The number of rotatable bonds is 2. The number of hydrogen-bond donors (Lipinski definition) is 2. The van der Waals surface area contributed by atoms with E-state index in [-0.39, 0.29) is 13.0 Å². The van der Waals surface area contributed by atoms with Crippen LogP contribution in [0.3, 0.4) is 0 Å². The molecule has 10 heteroatoms. The number of carboxylic acid groups (broad SMARTS) is 1. The maximum Gasteiger partial charge on any atom is 0.407 e. The Bertz CT molecular complexity index is 383. The van der Waals surface area contributed by atoms with Crippen LogP contribution in [0, 0.1) is 11.8 Å². The Balaban J connectivity index is 3.24. The molecule has 1 rings (SSSR count). The van der Waals surface area contributed by atoms with Gasteiger partial charge in [0.25, 0.3) is 0 Å². The monoisotopic (exact) mass is 322 g/mol. The van der Waals surface area contributed by atoms with Crippen molar-refractivity contribution in [3.05, 3.63) is 0 Å². The van der Waals surface area contributed by atoms with Gasteiger partial charge < -0.3 is 15.3 Å². The quantitative estimate of drug-likeness (QED) is 0.769. The van der Waals surface area contributed by atoms with Gasteiger partial charge in [-0.2, -0.15) is 26.3 Å². The maximum absolute atomic E-state index is 12.9. The number of piperidine rings is 1. The zero-order valence-corrected chi connectivity index (χ0v) is 11.3. The molecule has 124 valence electrons. The summed E-state index contributed by atoms with van der Waals surface area (Å²) < 4.78 is 77.4. The second-order valence-corrected chi connectivity index (χ2v) is 5.31. The first-order valence-electron chi connectivity index (χ1n) is 6.13. The molecule has 21 heavy (non-hydrogen) atoms. The normalized spacial score (nSPS) is 28.0. The summed E-state index contributed by atoms with van der Waals surface area (Å²) in [4.78, 5) is 11.5. The average molecular weight is 322 g/mol. The molecule has 2 atom stereocenters. The first-order chi connectivity index (χ1) is 9.33. The van der Waals surface area contributed by atoms with Crippen LogP contribution >= 0.6 is 0 Å². The molecule has 1 fully saturated rings. The lowest BCUT2D eigenvalue weighted by Crippen LogP contribution is -2.63. The lowest BCUT2D eigenvalue weighted by Gasteiger charge is -2.48. The molecule has 1 aliphatic rings. The van der Waals surface area contributed by atoms with Crippen molar-refractivity contribution in [2.45, 2.75) is 31.2 Å². The molecular formula is C11H16F6N2O2. The molecule has 0 aliphatic carbocycles. The van der Waals surface area contributed by atoms with Crippen LogP contribution in [-0.2, 0) is 0 Å². The fraction of sp³-hybridized carbons (Fsp3) is 0.909. The second kappa shape index (κ2) is 5.54. The van der Waals surface area contributed by atoms with E-state index in [2.05, 4.69) is 5.32 Å². The van der Waals surface area contributed by atoms with Gasteiger partial charge in [-0.1, -0.05) is 0 Å². The Morgan fingerprint density at radius 3 is 2.10 bits per heavy atom.